The van der Waals surface area contributed by atoms with E-state index >= 15 is 4.39 Å². The first-order chi connectivity index (χ1) is 12.5. The lowest BCUT2D eigenvalue weighted by Gasteiger charge is -2.33. The van der Waals surface area contributed by atoms with E-state index in [0.29, 0.717) is 25.7 Å². The van der Waals surface area contributed by atoms with Crippen molar-refractivity contribution in [3.05, 3.63) is 42.4 Å². The molecule has 1 aromatic heterocycles. The highest BCUT2D eigenvalue weighted by Gasteiger charge is 2.35. The molecule has 26 heavy (non-hydrogen) atoms. The number of imidazole rings is 1. The van der Waals surface area contributed by atoms with Crippen molar-refractivity contribution in [1.82, 2.24) is 9.55 Å². The highest BCUT2D eigenvalue weighted by molar-refractivity contribution is 5.74. The smallest absolute Gasteiger partial charge is 0.217 e. The van der Waals surface area contributed by atoms with Crippen LogP contribution in [0.15, 0.2) is 36.8 Å². The van der Waals surface area contributed by atoms with Crippen molar-refractivity contribution in [3.63, 3.8) is 0 Å². The van der Waals surface area contributed by atoms with Crippen molar-refractivity contribution in [3.8, 4) is 11.3 Å². The molecule has 140 valence electrons. The third-order valence-corrected chi connectivity index (χ3v) is 5.65. The quantitative estimate of drug-likeness (QED) is 0.798. The first-order valence-electron chi connectivity index (χ1n) is 9.50. The van der Waals surface area contributed by atoms with Crippen molar-refractivity contribution in [1.29, 1.82) is 0 Å². The fourth-order valence-corrected chi connectivity index (χ4v) is 4.08. The SMILES string of the molecule is Cc1ccccc1-c1cncn1CCCC1(F)CCC(CC(N)=O)CC1. The molecule has 0 spiro atoms. The predicted molar refractivity (Wildman–Crippen MR) is 101 cm³/mol. The van der Waals surface area contributed by atoms with E-state index in [2.05, 4.69) is 28.6 Å². The first-order valence-corrected chi connectivity index (χ1v) is 9.50. The lowest BCUT2D eigenvalue weighted by molar-refractivity contribution is -0.119. The Morgan fingerprint density at radius 3 is 2.77 bits per heavy atom. The molecule has 0 aliphatic heterocycles. The van der Waals surface area contributed by atoms with Gasteiger partial charge in [-0.25, -0.2) is 9.37 Å². The van der Waals surface area contributed by atoms with Crippen molar-refractivity contribution < 1.29 is 9.18 Å². The number of rotatable bonds is 7. The van der Waals surface area contributed by atoms with Crippen molar-refractivity contribution in [2.24, 2.45) is 11.7 Å². The summed E-state index contributed by atoms with van der Waals surface area (Å²) in [4.78, 5) is 15.3. The summed E-state index contributed by atoms with van der Waals surface area (Å²) in [6, 6.07) is 8.25. The second-order valence-corrected chi connectivity index (χ2v) is 7.66. The molecule has 1 aliphatic carbocycles. The van der Waals surface area contributed by atoms with Crippen LogP contribution in [0.5, 0.6) is 0 Å². The van der Waals surface area contributed by atoms with Gasteiger partial charge in [0.1, 0.15) is 5.67 Å². The number of carbonyl (C=O) groups excluding carboxylic acids is 1. The Morgan fingerprint density at radius 1 is 1.35 bits per heavy atom. The molecule has 0 atom stereocenters. The van der Waals surface area contributed by atoms with Gasteiger partial charge in [-0.1, -0.05) is 24.3 Å². The molecular weight excluding hydrogens is 329 g/mol. The van der Waals surface area contributed by atoms with Gasteiger partial charge in [0.05, 0.1) is 18.2 Å². The van der Waals surface area contributed by atoms with Crippen LogP contribution in [0, 0.1) is 12.8 Å². The molecule has 0 saturated heterocycles. The van der Waals surface area contributed by atoms with Crippen LogP contribution in [0.1, 0.15) is 50.5 Å². The van der Waals surface area contributed by atoms with Gasteiger partial charge < -0.3 is 10.3 Å². The van der Waals surface area contributed by atoms with Gasteiger partial charge in [-0.05, 0) is 56.9 Å². The molecule has 1 heterocycles. The zero-order valence-corrected chi connectivity index (χ0v) is 15.5. The zero-order valence-electron chi connectivity index (χ0n) is 15.5. The Labute approximate surface area is 154 Å². The van der Waals surface area contributed by atoms with Crippen LogP contribution in [0.25, 0.3) is 11.3 Å². The summed E-state index contributed by atoms with van der Waals surface area (Å²) in [5, 5.41) is 0. The van der Waals surface area contributed by atoms with E-state index in [4.69, 9.17) is 5.73 Å². The van der Waals surface area contributed by atoms with Crippen LogP contribution in [0.4, 0.5) is 4.39 Å². The Balaban J connectivity index is 1.54. The number of aromatic nitrogens is 2. The van der Waals surface area contributed by atoms with E-state index in [1.807, 2.05) is 24.7 Å². The van der Waals surface area contributed by atoms with Gasteiger partial charge in [-0.3, -0.25) is 4.79 Å². The molecule has 2 aromatic rings. The first kappa shape index (κ1) is 18.6. The molecule has 0 unspecified atom stereocenters. The average Bonchev–Trinajstić information content (AvgIpc) is 3.05. The summed E-state index contributed by atoms with van der Waals surface area (Å²) in [6.45, 7) is 2.85. The van der Waals surface area contributed by atoms with Crippen molar-refractivity contribution in [2.45, 2.75) is 64.1 Å². The standard InChI is InChI=1S/C21H28FN3O/c1-16-5-2-3-6-18(16)19-14-24-15-25(19)12-4-9-21(22)10-7-17(8-11-21)13-20(23)26/h2-3,5-6,14-15,17H,4,7-13H2,1H3,(H2,23,26). The van der Waals surface area contributed by atoms with Crippen LogP contribution >= 0.6 is 0 Å². The minimum Gasteiger partial charge on any atom is -0.370 e. The lowest BCUT2D eigenvalue weighted by atomic mass is 9.76. The van der Waals surface area contributed by atoms with E-state index in [1.54, 1.807) is 0 Å². The van der Waals surface area contributed by atoms with E-state index in [0.717, 1.165) is 31.5 Å². The van der Waals surface area contributed by atoms with Gasteiger partial charge >= 0.3 is 0 Å². The summed E-state index contributed by atoms with van der Waals surface area (Å²) in [7, 11) is 0. The Kier molecular flexibility index (Phi) is 5.74. The molecule has 1 saturated carbocycles. The van der Waals surface area contributed by atoms with Gasteiger partial charge in [0.25, 0.3) is 0 Å². The second-order valence-electron chi connectivity index (χ2n) is 7.66. The molecule has 2 N–H and O–H groups in total. The number of hydrogen-bond acceptors (Lipinski definition) is 2. The van der Waals surface area contributed by atoms with Gasteiger partial charge in [0.2, 0.25) is 5.91 Å². The Hall–Kier alpha value is -2.17. The minimum atomic E-state index is -1.10. The number of halogens is 1. The number of aryl methyl sites for hydroxylation is 2. The molecular formula is C21H28FN3O. The van der Waals surface area contributed by atoms with Crippen LogP contribution < -0.4 is 5.73 Å². The predicted octanol–water partition coefficient (Wildman–Crippen LogP) is 4.41. The molecule has 3 rings (SSSR count). The number of nitrogens with zero attached hydrogens (tertiary/aromatic N) is 2. The fourth-order valence-electron chi connectivity index (χ4n) is 4.08. The molecule has 1 aromatic carbocycles. The summed E-state index contributed by atoms with van der Waals surface area (Å²) in [5.41, 5.74) is 7.63. The van der Waals surface area contributed by atoms with Crippen LogP contribution in [0.3, 0.4) is 0 Å². The monoisotopic (exact) mass is 357 g/mol. The lowest BCUT2D eigenvalue weighted by Crippen LogP contribution is -2.31. The third kappa shape index (κ3) is 4.51. The van der Waals surface area contributed by atoms with Gasteiger partial charge in [0.15, 0.2) is 0 Å². The second kappa shape index (κ2) is 8.02. The number of hydrogen-bond donors (Lipinski definition) is 1. The molecule has 1 fully saturated rings. The van der Waals surface area contributed by atoms with Gasteiger partial charge in [-0.2, -0.15) is 0 Å². The molecule has 1 aliphatic rings. The average molecular weight is 357 g/mol. The van der Waals surface area contributed by atoms with Crippen molar-refractivity contribution in [2.75, 3.05) is 0 Å². The topological polar surface area (TPSA) is 60.9 Å². The molecule has 0 bridgehead atoms. The summed E-state index contributed by atoms with van der Waals surface area (Å²) in [5.74, 6) is -0.0112. The Bertz CT molecular complexity index is 747. The summed E-state index contributed by atoms with van der Waals surface area (Å²) >= 11 is 0. The highest BCUT2D eigenvalue weighted by atomic mass is 19.1. The number of nitrogens with two attached hydrogens (primary N) is 1. The number of benzene rings is 1. The number of primary amides is 1. The van der Waals surface area contributed by atoms with Gasteiger partial charge in [-0.15, -0.1) is 0 Å². The highest BCUT2D eigenvalue weighted by Crippen LogP contribution is 2.39. The summed E-state index contributed by atoms with van der Waals surface area (Å²) < 4.78 is 17.2. The maximum Gasteiger partial charge on any atom is 0.217 e. The minimum absolute atomic E-state index is 0.262. The zero-order chi connectivity index (χ0) is 18.6. The maximum atomic E-state index is 15.1. The van der Waals surface area contributed by atoms with E-state index in [9.17, 15) is 4.79 Å². The molecule has 5 heteroatoms. The molecule has 0 radical (unpaired) electrons. The van der Waals surface area contributed by atoms with Crippen LogP contribution in [-0.4, -0.2) is 21.1 Å². The Morgan fingerprint density at radius 2 is 2.08 bits per heavy atom. The number of carbonyl (C=O) groups is 1. The van der Waals surface area contributed by atoms with E-state index < -0.39 is 5.67 Å². The third-order valence-electron chi connectivity index (χ3n) is 5.65. The molecule has 1 amide bonds. The fraction of sp³-hybridized carbons (Fsp3) is 0.524. The van der Waals surface area contributed by atoms with E-state index in [-0.39, 0.29) is 11.8 Å². The maximum absolute atomic E-state index is 15.1. The van der Waals surface area contributed by atoms with Crippen molar-refractivity contribution >= 4 is 5.91 Å². The molecule has 4 nitrogen and oxygen atoms in total. The normalized spacial score (nSPS) is 23.1. The summed E-state index contributed by atoms with van der Waals surface area (Å²) in [6.07, 6.45) is 8.05. The number of alkyl halides is 1. The largest absolute Gasteiger partial charge is 0.370 e. The van der Waals surface area contributed by atoms with E-state index in [1.165, 1.54) is 11.1 Å². The van der Waals surface area contributed by atoms with Crippen LogP contribution in [0.2, 0.25) is 0 Å². The van der Waals surface area contributed by atoms with Crippen LogP contribution in [-0.2, 0) is 11.3 Å². The number of amides is 1. The van der Waals surface area contributed by atoms with Gasteiger partial charge in [0, 0.05) is 18.5 Å².